The monoisotopic (exact) mass is 193 g/mol. The first-order valence-electron chi connectivity index (χ1n) is 3.81. The Morgan fingerprint density at radius 2 is 1.92 bits per heavy atom. The van der Waals surface area contributed by atoms with Crippen LogP contribution in [0.1, 0.15) is 19.3 Å². The molecule has 1 amide bonds. The van der Waals surface area contributed by atoms with Crippen LogP contribution in [0, 0.1) is 0 Å². The number of aliphatic carboxylic acids is 1. The Morgan fingerprint density at radius 3 is 2.15 bits per heavy atom. The molecule has 0 aromatic rings. The second-order valence-corrected chi connectivity index (χ2v) is 3.03. The van der Waals surface area contributed by atoms with Gasteiger partial charge in [-0.2, -0.15) is 8.78 Å². The quantitative estimate of drug-likeness (QED) is 0.680. The second-order valence-electron chi connectivity index (χ2n) is 3.03. The molecule has 0 aliphatic heterocycles. The molecule has 1 rings (SSSR count). The zero-order chi connectivity index (χ0) is 10.1. The van der Waals surface area contributed by atoms with Crippen LogP contribution in [0.5, 0.6) is 0 Å². The number of nitrogens with one attached hydrogen (secondary N) is 1. The Balaban J connectivity index is 2.59. The van der Waals surface area contributed by atoms with E-state index in [9.17, 15) is 18.4 Å². The number of carboxylic acid groups (broad SMARTS) is 1. The molecule has 2 N–H and O–H groups in total. The summed E-state index contributed by atoms with van der Waals surface area (Å²) in [7, 11) is 0. The highest BCUT2D eigenvalue weighted by molar-refractivity contribution is 5.89. The molecule has 4 nitrogen and oxygen atoms in total. The van der Waals surface area contributed by atoms with Gasteiger partial charge in [0.1, 0.15) is 5.54 Å². The minimum atomic E-state index is -3.16. The van der Waals surface area contributed by atoms with Crippen LogP contribution in [0.2, 0.25) is 0 Å². The largest absolute Gasteiger partial charge is 0.480 e. The molecular formula is C7H9F2NO3. The van der Waals surface area contributed by atoms with Crippen molar-refractivity contribution in [2.24, 2.45) is 0 Å². The standard InChI is InChI=1S/C7H9F2NO3/c8-4(9)5(11)10-7(6(12)13)2-1-3-7/h4H,1-3H2,(H,10,11)(H,12,13). The third-order valence-electron chi connectivity index (χ3n) is 2.18. The van der Waals surface area contributed by atoms with E-state index >= 15 is 0 Å². The molecule has 0 unspecified atom stereocenters. The molecule has 0 saturated heterocycles. The van der Waals surface area contributed by atoms with Crippen LogP contribution in [0.3, 0.4) is 0 Å². The van der Waals surface area contributed by atoms with E-state index in [1.54, 1.807) is 0 Å². The Kier molecular flexibility index (Phi) is 2.49. The number of carboxylic acids is 1. The summed E-state index contributed by atoms with van der Waals surface area (Å²) >= 11 is 0. The van der Waals surface area contributed by atoms with Gasteiger partial charge in [0.25, 0.3) is 5.91 Å². The summed E-state index contributed by atoms with van der Waals surface area (Å²) in [6, 6.07) is 0. The van der Waals surface area contributed by atoms with Crippen LogP contribution in [-0.2, 0) is 9.59 Å². The molecule has 0 bridgehead atoms. The lowest BCUT2D eigenvalue weighted by Gasteiger charge is -2.37. The van der Waals surface area contributed by atoms with Gasteiger partial charge in [0.2, 0.25) is 0 Å². The molecule has 1 saturated carbocycles. The highest BCUT2D eigenvalue weighted by Gasteiger charge is 2.46. The highest BCUT2D eigenvalue weighted by atomic mass is 19.3. The summed E-state index contributed by atoms with van der Waals surface area (Å²) in [4.78, 5) is 21.1. The van der Waals surface area contributed by atoms with Crippen molar-refractivity contribution in [3.63, 3.8) is 0 Å². The maximum atomic E-state index is 11.8. The van der Waals surface area contributed by atoms with Crippen LogP contribution in [-0.4, -0.2) is 28.9 Å². The fourth-order valence-electron chi connectivity index (χ4n) is 1.21. The predicted octanol–water partition coefficient (Wildman–Crippen LogP) is 0.375. The van der Waals surface area contributed by atoms with Crippen LogP contribution in [0.25, 0.3) is 0 Å². The Labute approximate surface area is 72.9 Å². The van der Waals surface area contributed by atoms with Crippen LogP contribution < -0.4 is 5.32 Å². The van der Waals surface area contributed by atoms with Crippen molar-refractivity contribution in [1.82, 2.24) is 5.32 Å². The average Bonchev–Trinajstić information content (AvgIpc) is 1.95. The smallest absolute Gasteiger partial charge is 0.329 e. The summed E-state index contributed by atoms with van der Waals surface area (Å²) in [5, 5.41) is 10.5. The molecule has 0 aromatic heterocycles. The van der Waals surface area contributed by atoms with E-state index in [2.05, 4.69) is 0 Å². The minimum Gasteiger partial charge on any atom is -0.480 e. The molecule has 0 radical (unpaired) electrons. The van der Waals surface area contributed by atoms with Crippen LogP contribution in [0.4, 0.5) is 8.78 Å². The van der Waals surface area contributed by atoms with Gasteiger partial charge in [-0.1, -0.05) is 0 Å². The molecule has 0 heterocycles. The van der Waals surface area contributed by atoms with E-state index in [4.69, 9.17) is 5.11 Å². The topological polar surface area (TPSA) is 66.4 Å². The van der Waals surface area contributed by atoms with Crippen molar-refractivity contribution >= 4 is 11.9 Å². The maximum absolute atomic E-state index is 11.8. The first-order chi connectivity index (χ1) is 5.98. The second kappa shape index (κ2) is 3.27. The van der Waals surface area contributed by atoms with E-state index in [0.29, 0.717) is 6.42 Å². The van der Waals surface area contributed by atoms with Crippen LogP contribution >= 0.6 is 0 Å². The van der Waals surface area contributed by atoms with Gasteiger partial charge >= 0.3 is 12.4 Å². The van der Waals surface area contributed by atoms with Crippen molar-refractivity contribution in [3.05, 3.63) is 0 Å². The number of amides is 1. The Hall–Kier alpha value is -1.20. The summed E-state index contributed by atoms with van der Waals surface area (Å²) in [6.07, 6.45) is -2.07. The number of alkyl halides is 2. The van der Waals surface area contributed by atoms with Gasteiger partial charge in [0.05, 0.1) is 0 Å². The lowest BCUT2D eigenvalue weighted by molar-refractivity contribution is -0.154. The molecule has 1 fully saturated rings. The SMILES string of the molecule is O=C(NC1(C(=O)O)CCC1)C(F)F. The molecule has 74 valence electrons. The van der Waals surface area contributed by atoms with Crippen molar-refractivity contribution < 1.29 is 23.5 Å². The minimum absolute atomic E-state index is 0.223. The maximum Gasteiger partial charge on any atom is 0.329 e. The van der Waals surface area contributed by atoms with E-state index < -0.39 is 23.8 Å². The molecular weight excluding hydrogens is 184 g/mol. The average molecular weight is 193 g/mol. The Morgan fingerprint density at radius 1 is 1.38 bits per heavy atom. The van der Waals surface area contributed by atoms with Gasteiger partial charge in [-0.15, -0.1) is 0 Å². The zero-order valence-electron chi connectivity index (χ0n) is 6.72. The molecule has 6 heteroatoms. The summed E-state index contributed by atoms with van der Waals surface area (Å²) in [5.41, 5.74) is -1.44. The number of rotatable bonds is 3. The molecule has 13 heavy (non-hydrogen) atoms. The normalized spacial score (nSPS) is 19.3. The van der Waals surface area contributed by atoms with Gasteiger partial charge in [-0.05, 0) is 19.3 Å². The molecule has 1 aliphatic rings. The number of carbonyl (C=O) groups is 2. The first kappa shape index (κ1) is 9.88. The van der Waals surface area contributed by atoms with Gasteiger partial charge < -0.3 is 10.4 Å². The van der Waals surface area contributed by atoms with Crippen molar-refractivity contribution in [3.8, 4) is 0 Å². The van der Waals surface area contributed by atoms with E-state index in [-0.39, 0.29) is 12.8 Å². The van der Waals surface area contributed by atoms with E-state index in [1.165, 1.54) is 0 Å². The number of hydrogen-bond donors (Lipinski definition) is 2. The molecule has 0 atom stereocenters. The lowest BCUT2D eigenvalue weighted by atomic mass is 9.77. The number of hydrogen-bond acceptors (Lipinski definition) is 2. The van der Waals surface area contributed by atoms with E-state index in [1.807, 2.05) is 5.32 Å². The van der Waals surface area contributed by atoms with Crippen molar-refractivity contribution in [2.45, 2.75) is 31.2 Å². The fourth-order valence-corrected chi connectivity index (χ4v) is 1.21. The number of halogens is 2. The zero-order valence-corrected chi connectivity index (χ0v) is 6.72. The fraction of sp³-hybridized carbons (Fsp3) is 0.714. The van der Waals surface area contributed by atoms with Gasteiger partial charge in [0.15, 0.2) is 0 Å². The predicted molar refractivity (Wildman–Crippen MR) is 38.4 cm³/mol. The third kappa shape index (κ3) is 1.76. The van der Waals surface area contributed by atoms with Gasteiger partial charge in [0, 0.05) is 0 Å². The Bertz CT molecular complexity index is 238. The first-order valence-corrected chi connectivity index (χ1v) is 3.81. The third-order valence-corrected chi connectivity index (χ3v) is 2.18. The van der Waals surface area contributed by atoms with Crippen molar-refractivity contribution in [1.29, 1.82) is 0 Å². The number of carbonyl (C=O) groups excluding carboxylic acids is 1. The summed E-state index contributed by atoms with van der Waals surface area (Å²) in [6.45, 7) is 0. The summed E-state index contributed by atoms with van der Waals surface area (Å²) < 4.78 is 23.6. The highest BCUT2D eigenvalue weighted by Crippen LogP contribution is 2.32. The van der Waals surface area contributed by atoms with Gasteiger partial charge in [-0.3, -0.25) is 4.79 Å². The molecule has 1 aliphatic carbocycles. The summed E-state index contributed by atoms with van der Waals surface area (Å²) in [5.74, 6) is -2.75. The van der Waals surface area contributed by atoms with Gasteiger partial charge in [-0.25, -0.2) is 4.79 Å². The van der Waals surface area contributed by atoms with Crippen LogP contribution in [0.15, 0.2) is 0 Å². The van der Waals surface area contributed by atoms with E-state index in [0.717, 1.165) is 0 Å². The molecule has 0 spiro atoms. The molecule has 0 aromatic carbocycles. The van der Waals surface area contributed by atoms with Crippen molar-refractivity contribution in [2.75, 3.05) is 0 Å². The lowest BCUT2D eigenvalue weighted by Crippen LogP contribution is -2.60.